The number of nitrogens with one attached hydrogen (secondary N) is 1. The van der Waals surface area contributed by atoms with Crippen LogP contribution in [0.4, 0.5) is 4.39 Å². The van der Waals surface area contributed by atoms with E-state index in [4.69, 9.17) is 4.74 Å². The summed E-state index contributed by atoms with van der Waals surface area (Å²) in [4.78, 5) is 38.2. The van der Waals surface area contributed by atoms with Crippen molar-refractivity contribution in [3.63, 3.8) is 0 Å². The van der Waals surface area contributed by atoms with Crippen LogP contribution in [0.15, 0.2) is 24.3 Å². The number of piperidine rings is 1. The standard InChI is InChI=1S/C19H23FN2O4/c1-12(17(23)21-16-6-7-16)26-19(25)14-8-10-22(11-9-14)18(24)13-2-4-15(20)5-3-13/h2-5,12,14,16H,6-11H2,1H3,(H,21,23)/t12-/m1/s1. The highest BCUT2D eigenvalue weighted by Crippen LogP contribution is 2.22. The number of nitrogens with zero attached hydrogens (tertiary/aromatic N) is 1. The molecule has 2 aliphatic rings. The second-order valence-electron chi connectivity index (χ2n) is 6.94. The molecule has 0 bridgehead atoms. The molecule has 0 radical (unpaired) electrons. The highest BCUT2D eigenvalue weighted by molar-refractivity contribution is 5.94. The number of carbonyl (C=O) groups excluding carboxylic acids is 3. The summed E-state index contributed by atoms with van der Waals surface area (Å²) in [5.41, 5.74) is 0.429. The summed E-state index contributed by atoms with van der Waals surface area (Å²) in [5, 5.41) is 2.81. The fourth-order valence-corrected chi connectivity index (χ4v) is 2.96. The number of ether oxygens (including phenoxy) is 1. The van der Waals surface area contributed by atoms with E-state index >= 15 is 0 Å². The zero-order valence-electron chi connectivity index (χ0n) is 14.7. The Morgan fingerprint density at radius 3 is 2.31 bits per heavy atom. The average Bonchev–Trinajstić information content (AvgIpc) is 3.45. The molecule has 0 spiro atoms. The van der Waals surface area contributed by atoms with Gasteiger partial charge >= 0.3 is 5.97 Å². The van der Waals surface area contributed by atoms with Crippen LogP contribution in [-0.2, 0) is 14.3 Å². The zero-order chi connectivity index (χ0) is 18.7. The molecule has 1 aliphatic carbocycles. The van der Waals surface area contributed by atoms with Gasteiger partial charge in [-0.15, -0.1) is 0 Å². The first-order chi connectivity index (χ1) is 12.4. The van der Waals surface area contributed by atoms with Gasteiger partial charge in [-0.3, -0.25) is 14.4 Å². The minimum atomic E-state index is -0.804. The first kappa shape index (κ1) is 18.4. The van der Waals surface area contributed by atoms with Crippen molar-refractivity contribution in [3.8, 4) is 0 Å². The SMILES string of the molecule is C[C@@H](OC(=O)C1CCN(C(=O)c2ccc(F)cc2)CC1)C(=O)NC1CC1. The monoisotopic (exact) mass is 362 g/mol. The fourth-order valence-electron chi connectivity index (χ4n) is 2.96. The van der Waals surface area contributed by atoms with Crippen molar-refractivity contribution in [2.24, 2.45) is 5.92 Å². The Labute approximate surface area is 151 Å². The summed E-state index contributed by atoms with van der Waals surface area (Å²) in [6.07, 6.45) is 2.13. The predicted octanol–water partition coefficient (Wildman–Crippen LogP) is 1.89. The van der Waals surface area contributed by atoms with Gasteiger partial charge in [0.25, 0.3) is 11.8 Å². The molecule has 1 N–H and O–H groups in total. The van der Waals surface area contributed by atoms with Gasteiger partial charge in [-0.1, -0.05) is 0 Å². The van der Waals surface area contributed by atoms with E-state index in [1.165, 1.54) is 24.3 Å². The molecule has 7 heteroatoms. The van der Waals surface area contributed by atoms with Crippen molar-refractivity contribution in [1.29, 1.82) is 0 Å². The average molecular weight is 362 g/mol. The molecule has 0 unspecified atom stereocenters. The second-order valence-corrected chi connectivity index (χ2v) is 6.94. The van der Waals surface area contributed by atoms with Gasteiger partial charge in [0, 0.05) is 24.7 Å². The summed E-state index contributed by atoms with van der Waals surface area (Å²) in [5.74, 6) is -1.53. The molecule has 0 aromatic heterocycles. The maximum atomic E-state index is 13.0. The predicted molar refractivity (Wildman–Crippen MR) is 91.7 cm³/mol. The van der Waals surface area contributed by atoms with E-state index < -0.39 is 12.1 Å². The molecule has 1 heterocycles. The molecule has 1 aromatic carbocycles. The number of rotatable bonds is 5. The van der Waals surface area contributed by atoms with Gasteiger partial charge in [0.1, 0.15) is 5.82 Å². The van der Waals surface area contributed by atoms with Crippen LogP contribution in [0.25, 0.3) is 0 Å². The highest BCUT2D eigenvalue weighted by atomic mass is 19.1. The van der Waals surface area contributed by atoms with Crippen LogP contribution in [0.5, 0.6) is 0 Å². The van der Waals surface area contributed by atoms with Crippen molar-refractivity contribution in [1.82, 2.24) is 10.2 Å². The lowest BCUT2D eigenvalue weighted by Gasteiger charge is -2.31. The molecule has 1 aromatic rings. The molecule has 1 atom stereocenters. The van der Waals surface area contributed by atoms with Gasteiger partial charge in [0.15, 0.2) is 6.10 Å². The Balaban J connectivity index is 1.46. The summed E-state index contributed by atoms with van der Waals surface area (Å²) in [6.45, 7) is 2.43. The van der Waals surface area contributed by atoms with E-state index in [0.717, 1.165) is 12.8 Å². The van der Waals surface area contributed by atoms with E-state index in [9.17, 15) is 18.8 Å². The Morgan fingerprint density at radius 1 is 1.12 bits per heavy atom. The largest absolute Gasteiger partial charge is 0.452 e. The maximum absolute atomic E-state index is 13.0. The number of carbonyl (C=O) groups is 3. The minimum absolute atomic E-state index is 0.172. The van der Waals surface area contributed by atoms with Crippen molar-refractivity contribution in [2.45, 2.75) is 44.8 Å². The molecule has 3 rings (SSSR count). The van der Waals surface area contributed by atoms with Gasteiger partial charge in [-0.05, 0) is 56.9 Å². The van der Waals surface area contributed by atoms with E-state index in [0.29, 0.717) is 31.5 Å². The number of halogens is 1. The number of benzene rings is 1. The molecule has 6 nitrogen and oxygen atoms in total. The van der Waals surface area contributed by atoms with Gasteiger partial charge in [-0.2, -0.15) is 0 Å². The van der Waals surface area contributed by atoms with Crippen molar-refractivity contribution >= 4 is 17.8 Å². The Morgan fingerprint density at radius 2 is 1.73 bits per heavy atom. The molecule has 2 fully saturated rings. The molecular weight excluding hydrogens is 339 g/mol. The molecular formula is C19H23FN2O4. The molecule has 1 saturated heterocycles. The Hall–Kier alpha value is -2.44. The van der Waals surface area contributed by atoms with Crippen LogP contribution < -0.4 is 5.32 Å². The molecule has 2 amide bonds. The van der Waals surface area contributed by atoms with Crippen molar-refractivity contribution < 1.29 is 23.5 Å². The van der Waals surface area contributed by atoms with E-state index in [2.05, 4.69) is 5.32 Å². The molecule has 26 heavy (non-hydrogen) atoms. The molecule has 140 valence electrons. The van der Waals surface area contributed by atoms with E-state index in [1.54, 1.807) is 11.8 Å². The highest BCUT2D eigenvalue weighted by Gasteiger charge is 2.32. The lowest BCUT2D eigenvalue weighted by Crippen LogP contribution is -2.42. The van der Waals surface area contributed by atoms with Crippen molar-refractivity contribution in [3.05, 3.63) is 35.6 Å². The minimum Gasteiger partial charge on any atom is -0.452 e. The third-order valence-corrected chi connectivity index (χ3v) is 4.79. The maximum Gasteiger partial charge on any atom is 0.309 e. The van der Waals surface area contributed by atoms with Crippen LogP contribution >= 0.6 is 0 Å². The van der Waals surface area contributed by atoms with Gasteiger partial charge in [0.2, 0.25) is 0 Å². The second kappa shape index (κ2) is 7.85. The summed E-state index contributed by atoms with van der Waals surface area (Å²) in [7, 11) is 0. The first-order valence-electron chi connectivity index (χ1n) is 8.99. The van der Waals surface area contributed by atoms with Crippen LogP contribution in [0.2, 0.25) is 0 Å². The number of likely N-dealkylation sites (tertiary alicyclic amines) is 1. The first-order valence-corrected chi connectivity index (χ1v) is 8.99. The summed E-state index contributed by atoms with van der Waals surface area (Å²) in [6, 6.07) is 5.65. The topological polar surface area (TPSA) is 75.7 Å². The number of esters is 1. The van der Waals surface area contributed by atoms with Crippen LogP contribution in [-0.4, -0.2) is 47.9 Å². The number of hydrogen-bond donors (Lipinski definition) is 1. The van der Waals surface area contributed by atoms with Crippen molar-refractivity contribution in [2.75, 3.05) is 13.1 Å². The third-order valence-electron chi connectivity index (χ3n) is 4.79. The third kappa shape index (κ3) is 4.59. The molecule has 1 aliphatic heterocycles. The van der Waals surface area contributed by atoms with Crippen LogP contribution in [0.1, 0.15) is 43.0 Å². The quantitative estimate of drug-likeness (QED) is 0.812. The molecule has 1 saturated carbocycles. The van der Waals surface area contributed by atoms with Crippen LogP contribution in [0.3, 0.4) is 0 Å². The van der Waals surface area contributed by atoms with Gasteiger partial charge < -0.3 is 15.0 Å². The zero-order valence-corrected chi connectivity index (χ0v) is 14.7. The Kier molecular flexibility index (Phi) is 5.54. The lowest BCUT2D eigenvalue weighted by atomic mass is 9.96. The fraction of sp³-hybridized carbons (Fsp3) is 0.526. The normalized spacial score (nSPS) is 18.9. The van der Waals surface area contributed by atoms with E-state index in [1.807, 2.05) is 0 Å². The van der Waals surface area contributed by atoms with Crippen LogP contribution in [0, 0.1) is 11.7 Å². The smallest absolute Gasteiger partial charge is 0.309 e. The lowest BCUT2D eigenvalue weighted by molar-refractivity contribution is -0.160. The summed E-state index contributed by atoms with van der Waals surface area (Å²) >= 11 is 0. The van der Waals surface area contributed by atoms with Gasteiger partial charge in [0.05, 0.1) is 5.92 Å². The van der Waals surface area contributed by atoms with E-state index in [-0.39, 0.29) is 29.6 Å². The Bertz CT molecular complexity index is 679. The number of hydrogen-bond acceptors (Lipinski definition) is 4. The van der Waals surface area contributed by atoms with Gasteiger partial charge in [-0.25, -0.2) is 4.39 Å². The summed E-state index contributed by atoms with van der Waals surface area (Å²) < 4.78 is 18.2. The number of amides is 2.